The monoisotopic (exact) mass is 382 g/mol. The summed E-state index contributed by atoms with van der Waals surface area (Å²) >= 11 is 0. The van der Waals surface area contributed by atoms with E-state index in [1.165, 1.54) is 25.0 Å². The van der Waals surface area contributed by atoms with Crippen molar-refractivity contribution in [3.05, 3.63) is 54.1 Å². The molecule has 5 nitrogen and oxygen atoms in total. The molecule has 0 unspecified atom stereocenters. The predicted octanol–water partition coefficient (Wildman–Crippen LogP) is 3.42. The molecule has 1 aromatic carbocycles. The molecule has 2 aliphatic rings. The number of benzene rings is 1. The summed E-state index contributed by atoms with van der Waals surface area (Å²) in [5.74, 6) is 0.544. The SMILES string of the molecule is CC1CCN(c2ccc(C(=O)N3CCN(c4ccc(F)cc4)CC3)nc2)CC1. The van der Waals surface area contributed by atoms with Crippen molar-refractivity contribution in [1.82, 2.24) is 9.88 Å². The van der Waals surface area contributed by atoms with E-state index < -0.39 is 0 Å². The minimum Gasteiger partial charge on any atom is -0.370 e. The molecule has 2 fully saturated rings. The Hall–Kier alpha value is -2.63. The van der Waals surface area contributed by atoms with Crippen LogP contribution < -0.4 is 9.80 Å². The van der Waals surface area contributed by atoms with Gasteiger partial charge in [0.2, 0.25) is 0 Å². The highest BCUT2D eigenvalue weighted by Gasteiger charge is 2.23. The molecule has 0 atom stereocenters. The fourth-order valence-corrected chi connectivity index (χ4v) is 3.95. The van der Waals surface area contributed by atoms with Gasteiger partial charge in [0.15, 0.2) is 0 Å². The zero-order chi connectivity index (χ0) is 19.5. The average molecular weight is 382 g/mol. The van der Waals surface area contributed by atoms with Crippen molar-refractivity contribution in [1.29, 1.82) is 0 Å². The summed E-state index contributed by atoms with van der Waals surface area (Å²) < 4.78 is 13.1. The summed E-state index contributed by atoms with van der Waals surface area (Å²) in [4.78, 5) is 23.6. The van der Waals surface area contributed by atoms with Crippen LogP contribution in [0.4, 0.5) is 15.8 Å². The first kappa shape index (κ1) is 18.7. The molecule has 0 N–H and O–H groups in total. The summed E-state index contributed by atoms with van der Waals surface area (Å²) in [6, 6.07) is 10.4. The molecule has 0 saturated carbocycles. The molecular formula is C22H27FN4O. The number of hydrogen-bond donors (Lipinski definition) is 0. The van der Waals surface area contributed by atoms with E-state index in [4.69, 9.17) is 0 Å². The number of carbonyl (C=O) groups is 1. The summed E-state index contributed by atoms with van der Waals surface area (Å²) in [6.45, 7) is 7.17. The first-order valence-corrected chi connectivity index (χ1v) is 10.1. The van der Waals surface area contributed by atoms with Crippen LogP contribution in [0.15, 0.2) is 42.6 Å². The molecule has 3 heterocycles. The third-order valence-corrected chi connectivity index (χ3v) is 5.87. The molecule has 2 aliphatic heterocycles. The zero-order valence-corrected chi connectivity index (χ0v) is 16.4. The van der Waals surface area contributed by atoms with Crippen LogP contribution in [0, 0.1) is 11.7 Å². The molecule has 6 heteroatoms. The van der Waals surface area contributed by atoms with Crippen LogP contribution in [0.25, 0.3) is 0 Å². The van der Waals surface area contributed by atoms with E-state index >= 15 is 0 Å². The van der Waals surface area contributed by atoms with Gasteiger partial charge < -0.3 is 14.7 Å². The molecule has 0 spiro atoms. The fourth-order valence-electron chi connectivity index (χ4n) is 3.95. The number of aromatic nitrogens is 1. The number of carbonyl (C=O) groups excluding carboxylic acids is 1. The van der Waals surface area contributed by atoms with E-state index in [0.717, 1.165) is 43.5 Å². The maximum atomic E-state index is 13.1. The van der Waals surface area contributed by atoms with Crippen LogP contribution >= 0.6 is 0 Å². The van der Waals surface area contributed by atoms with Gasteiger partial charge in [0.05, 0.1) is 11.9 Å². The maximum absolute atomic E-state index is 13.1. The van der Waals surface area contributed by atoms with Gasteiger partial charge in [-0.2, -0.15) is 0 Å². The quantitative estimate of drug-likeness (QED) is 0.816. The van der Waals surface area contributed by atoms with Crippen molar-refractivity contribution >= 4 is 17.3 Å². The van der Waals surface area contributed by atoms with Gasteiger partial charge >= 0.3 is 0 Å². The Morgan fingerprint density at radius 2 is 1.50 bits per heavy atom. The lowest BCUT2D eigenvalue weighted by Crippen LogP contribution is -2.49. The van der Waals surface area contributed by atoms with E-state index in [1.807, 2.05) is 23.2 Å². The highest BCUT2D eigenvalue weighted by molar-refractivity contribution is 5.92. The Morgan fingerprint density at radius 3 is 2.11 bits per heavy atom. The number of nitrogens with zero attached hydrogens (tertiary/aromatic N) is 4. The normalized spacial score (nSPS) is 18.4. The topological polar surface area (TPSA) is 39.7 Å². The fraction of sp³-hybridized carbons (Fsp3) is 0.455. The molecule has 2 saturated heterocycles. The van der Waals surface area contributed by atoms with Crippen LogP contribution in [0.1, 0.15) is 30.3 Å². The summed E-state index contributed by atoms with van der Waals surface area (Å²) in [7, 11) is 0. The number of rotatable bonds is 3. The molecule has 28 heavy (non-hydrogen) atoms. The molecular weight excluding hydrogens is 355 g/mol. The third kappa shape index (κ3) is 4.11. The molecule has 0 aliphatic carbocycles. The lowest BCUT2D eigenvalue weighted by Gasteiger charge is -2.36. The van der Waals surface area contributed by atoms with E-state index in [9.17, 15) is 9.18 Å². The maximum Gasteiger partial charge on any atom is 0.272 e. The van der Waals surface area contributed by atoms with Crippen molar-refractivity contribution < 1.29 is 9.18 Å². The van der Waals surface area contributed by atoms with Crippen LogP contribution in [0.5, 0.6) is 0 Å². The number of piperazine rings is 1. The summed E-state index contributed by atoms with van der Waals surface area (Å²) in [5.41, 5.74) is 2.60. The molecule has 2 aromatic rings. The Kier molecular flexibility index (Phi) is 5.46. The van der Waals surface area contributed by atoms with Gasteiger partial charge in [-0.25, -0.2) is 9.37 Å². The number of hydrogen-bond acceptors (Lipinski definition) is 4. The number of piperidine rings is 1. The van der Waals surface area contributed by atoms with Crippen LogP contribution in [0.3, 0.4) is 0 Å². The largest absolute Gasteiger partial charge is 0.370 e. The average Bonchev–Trinajstić information content (AvgIpc) is 2.75. The molecule has 0 bridgehead atoms. The zero-order valence-electron chi connectivity index (χ0n) is 16.4. The van der Waals surface area contributed by atoms with Crippen molar-refractivity contribution in [2.75, 3.05) is 49.1 Å². The second kappa shape index (κ2) is 8.17. The van der Waals surface area contributed by atoms with Crippen LogP contribution in [0.2, 0.25) is 0 Å². The molecule has 4 rings (SSSR count). The smallest absolute Gasteiger partial charge is 0.272 e. The molecule has 1 aromatic heterocycles. The van der Waals surface area contributed by atoms with Gasteiger partial charge in [-0.05, 0) is 55.2 Å². The third-order valence-electron chi connectivity index (χ3n) is 5.87. The minimum absolute atomic E-state index is 0.0161. The van der Waals surface area contributed by atoms with Gasteiger partial charge in [0.25, 0.3) is 5.91 Å². The van der Waals surface area contributed by atoms with Crippen molar-refractivity contribution in [2.24, 2.45) is 5.92 Å². The number of amides is 1. The molecule has 0 radical (unpaired) electrons. The highest BCUT2D eigenvalue weighted by Crippen LogP contribution is 2.23. The lowest BCUT2D eigenvalue weighted by atomic mass is 9.99. The van der Waals surface area contributed by atoms with Crippen LogP contribution in [-0.4, -0.2) is 55.1 Å². The second-order valence-electron chi connectivity index (χ2n) is 7.83. The standard InChI is InChI=1S/C22H27FN4O/c1-17-8-10-25(11-9-17)20-6-7-21(24-16-20)22(28)27-14-12-26(13-15-27)19-4-2-18(23)3-5-19/h2-7,16-17H,8-15H2,1H3. The van der Waals surface area contributed by atoms with E-state index in [1.54, 1.807) is 12.1 Å². The van der Waals surface area contributed by atoms with E-state index in [2.05, 4.69) is 21.7 Å². The van der Waals surface area contributed by atoms with Gasteiger partial charge in [0, 0.05) is 45.0 Å². The second-order valence-corrected chi connectivity index (χ2v) is 7.83. The Balaban J connectivity index is 1.34. The van der Waals surface area contributed by atoms with Gasteiger partial charge in [-0.1, -0.05) is 6.92 Å². The number of anilines is 2. The summed E-state index contributed by atoms with van der Waals surface area (Å²) in [6.07, 6.45) is 4.25. The Morgan fingerprint density at radius 1 is 0.893 bits per heavy atom. The van der Waals surface area contributed by atoms with E-state index in [-0.39, 0.29) is 11.7 Å². The highest BCUT2D eigenvalue weighted by atomic mass is 19.1. The van der Waals surface area contributed by atoms with Crippen LogP contribution in [-0.2, 0) is 0 Å². The lowest BCUT2D eigenvalue weighted by molar-refractivity contribution is 0.0741. The Labute approximate surface area is 165 Å². The number of pyridine rings is 1. The van der Waals surface area contributed by atoms with Gasteiger partial charge in [0.1, 0.15) is 11.5 Å². The van der Waals surface area contributed by atoms with Crippen molar-refractivity contribution in [3.8, 4) is 0 Å². The number of halogens is 1. The predicted molar refractivity (Wildman–Crippen MR) is 109 cm³/mol. The molecule has 148 valence electrons. The minimum atomic E-state index is -0.230. The first-order valence-electron chi connectivity index (χ1n) is 10.1. The van der Waals surface area contributed by atoms with Gasteiger partial charge in [-0.3, -0.25) is 4.79 Å². The Bertz CT molecular complexity index is 792. The van der Waals surface area contributed by atoms with E-state index in [0.29, 0.717) is 18.8 Å². The van der Waals surface area contributed by atoms with Gasteiger partial charge in [-0.15, -0.1) is 0 Å². The first-order chi connectivity index (χ1) is 13.6. The van der Waals surface area contributed by atoms with Crippen molar-refractivity contribution in [3.63, 3.8) is 0 Å². The molecule has 1 amide bonds. The van der Waals surface area contributed by atoms with Crippen molar-refractivity contribution in [2.45, 2.75) is 19.8 Å². The summed E-state index contributed by atoms with van der Waals surface area (Å²) in [5, 5.41) is 0.